The Bertz CT molecular complexity index is 583. The number of anilines is 1. The molecule has 1 atom stereocenters. The molecule has 0 aliphatic heterocycles. The lowest BCUT2D eigenvalue weighted by Crippen LogP contribution is -2.09. The van der Waals surface area contributed by atoms with Gasteiger partial charge >= 0.3 is 0 Å². The Kier molecular flexibility index (Phi) is 5.44. The Morgan fingerprint density at radius 2 is 2.00 bits per heavy atom. The summed E-state index contributed by atoms with van der Waals surface area (Å²) in [5.74, 6) is 1.67. The van der Waals surface area contributed by atoms with E-state index in [4.69, 9.17) is 9.47 Å². The van der Waals surface area contributed by atoms with Crippen LogP contribution in [0.5, 0.6) is 11.5 Å². The molecule has 0 amide bonds. The number of nitrogens with one attached hydrogen (secondary N) is 1. The summed E-state index contributed by atoms with van der Waals surface area (Å²) < 4.78 is 11.2. The molecule has 0 aliphatic carbocycles. The number of aryl methyl sites for hydroxylation is 1. The number of aromatic nitrogens is 1. The molecular formula is C16H22N2O2S. The van der Waals surface area contributed by atoms with Crippen LogP contribution in [0.4, 0.5) is 5.69 Å². The number of hydrogen-bond donors (Lipinski definition) is 1. The molecule has 4 nitrogen and oxygen atoms in total. The van der Waals surface area contributed by atoms with Gasteiger partial charge in [-0.05, 0) is 39.8 Å². The molecular weight excluding hydrogens is 284 g/mol. The van der Waals surface area contributed by atoms with Gasteiger partial charge in [0.25, 0.3) is 0 Å². The monoisotopic (exact) mass is 306 g/mol. The Hall–Kier alpha value is -1.75. The van der Waals surface area contributed by atoms with E-state index in [1.165, 1.54) is 0 Å². The predicted octanol–water partition coefficient (Wildman–Crippen LogP) is 4.42. The van der Waals surface area contributed by atoms with E-state index in [1.807, 2.05) is 39.0 Å². The number of nitrogens with zero attached hydrogens (tertiary/aromatic N) is 1. The summed E-state index contributed by atoms with van der Waals surface area (Å²) in [4.78, 5) is 4.53. The van der Waals surface area contributed by atoms with Crippen LogP contribution in [-0.4, -0.2) is 18.2 Å². The summed E-state index contributed by atoms with van der Waals surface area (Å²) in [5.41, 5.74) is 1.97. The standard InChI is InChI=1S/C16H22N2O2S/c1-5-19-13-7-8-16(20-6-2)14(9-13)17-11(3)15-10-21-12(4)18-15/h7-11,17H,5-6H2,1-4H3. The lowest BCUT2D eigenvalue weighted by Gasteiger charge is -2.18. The van der Waals surface area contributed by atoms with Crippen molar-refractivity contribution in [2.75, 3.05) is 18.5 Å². The van der Waals surface area contributed by atoms with Gasteiger partial charge in [-0.25, -0.2) is 4.98 Å². The van der Waals surface area contributed by atoms with Crippen molar-refractivity contribution in [3.63, 3.8) is 0 Å². The maximum absolute atomic E-state index is 5.68. The topological polar surface area (TPSA) is 43.4 Å². The Morgan fingerprint density at radius 1 is 1.24 bits per heavy atom. The van der Waals surface area contributed by atoms with Crippen LogP contribution in [0.15, 0.2) is 23.6 Å². The van der Waals surface area contributed by atoms with Gasteiger partial charge in [0.15, 0.2) is 0 Å². The van der Waals surface area contributed by atoms with Crippen LogP contribution in [0.25, 0.3) is 0 Å². The number of ether oxygens (including phenoxy) is 2. The summed E-state index contributed by atoms with van der Waals surface area (Å²) in [7, 11) is 0. The van der Waals surface area contributed by atoms with E-state index in [1.54, 1.807) is 11.3 Å². The molecule has 2 rings (SSSR count). The molecule has 0 bridgehead atoms. The summed E-state index contributed by atoms with van der Waals surface area (Å²) in [6, 6.07) is 5.96. The maximum Gasteiger partial charge on any atom is 0.142 e. The smallest absolute Gasteiger partial charge is 0.142 e. The van der Waals surface area contributed by atoms with E-state index in [-0.39, 0.29) is 6.04 Å². The first-order chi connectivity index (χ1) is 10.1. The van der Waals surface area contributed by atoms with Gasteiger partial charge in [-0.3, -0.25) is 0 Å². The zero-order chi connectivity index (χ0) is 15.2. The van der Waals surface area contributed by atoms with Crippen LogP contribution in [-0.2, 0) is 0 Å². The Balaban J connectivity index is 2.21. The lowest BCUT2D eigenvalue weighted by molar-refractivity contribution is 0.331. The van der Waals surface area contributed by atoms with Gasteiger partial charge in [0.05, 0.1) is 35.6 Å². The van der Waals surface area contributed by atoms with Crippen molar-refractivity contribution in [2.24, 2.45) is 0 Å². The van der Waals surface area contributed by atoms with Crippen LogP contribution in [0.2, 0.25) is 0 Å². The Morgan fingerprint density at radius 3 is 2.62 bits per heavy atom. The van der Waals surface area contributed by atoms with Crippen LogP contribution < -0.4 is 14.8 Å². The molecule has 1 N–H and O–H groups in total. The summed E-state index contributed by atoms with van der Waals surface area (Å²) in [6.07, 6.45) is 0. The zero-order valence-electron chi connectivity index (χ0n) is 13.0. The highest BCUT2D eigenvalue weighted by molar-refractivity contribution is 7.09. The molecule has 21 heavy (non-hydrogen) atoms. The summed E-state index contributed by atoms with van der Waals surface area (Å²) >= 11 is 1.66. The van der Waals surface area contributed by atoms with Gasteiger partial charge < -0.3 is 14.8 Å². The van der Waals surface area contributed by atoms with E-state index >= 15 is 0 Å². The highest BCUT2D eigenvalue weighted by atomic mass is 32.1. The minimum Gasteiger partial charge on any atom is -0.494 e. The molecule has 1 heterocycles. The van der Waals surface area contributed by atoms with Crippen LogP contribution in [0.1, 0.15) is 37.5 Å². The SMILES string of the molecule is CCOc1ccc(OCC)c(NC(C)c2csc(C)n2)c1. The minimum absolute atomic E-state index is 0.117. The van der Waals surface area contributed by atoms with E-state index in [9.17, 15) is 0 Å². The molecule has 0 radical (unpaired) electrons. The van der Waals surface area contributed by atoms with Crippen molar-refractivity contribution >= 4 is 17.0 Å². The molecule has 0 aliphatic rings. The molecule has 0 saturated heterocycles. The molecule has 0 spiro atoms. The third kappa shape index (κ3) is 4.11. The van der Waals surface area contributed by atoms with Crippen LogP contribution in [0.3, 0.4) is 0 Å². The van der Waals surface area contributed by atoms with Gasteiger partial charge in [-0.15, -0.1) is 11.3 Å². The molecule has 114 valence electrons. The number of thiazole rings is 1. The quantitative estimate of drug-likeness (QED) is 0.822. The van der Waals surface area contributed by atoms with E-state index in [0.29, 0.717) is 13.2 Å². The number of benzene rings is 1. The van der Waals surface area contributed by atoms with Gasteiger partial charge in [-0.2, -0.15) is 0 Å². The molecule has 0 fully saturated rings. The highest BCUT2D eigenvalue weighted by Gasteiger charge is 2.12. The zero-order valence-corrected chi connectivity index (χ0v) is 13.8. The molecule has 1 aromatic carbocycles. The average Bonchev–Trinajstić information content (AvgIpc) is 2.89. The van der Waals surface area contributed by atoms with E-state index in [0.717, 1.165) is 27.9 Å². The first-order valence-corrected chi connectivity index (χ1v) is 8.10. The fourth-order valence-corrected chi connectivity index (χ4v) is 2.75. The van der Waals surface area contributed by atoms with Crippen molar-refractivity contribution < 1.29 is 9.47 Å². The maximum atomic E-state index is 5.68. The lowest BCUT2D eigenvalue weighted by atomic mass is 10.2. The van der Waals surface area contributed by atoms with Crippen molar-refractivity contribution in [3.8, 4) is 11.5 Å². The predicted molar refractivity (Wildman–Crippen MR) is 87.7 cm³/mol. The van der Waals surface area contributed by atoms with Gasteiger partial charge in [-0.1, -0.05) is 0 Å². The molecule has 5 heteroatoms. The second-order valence-electron chi connectivity index (χ2n) is 4.68. The van der Waals surface area contributed by atoms with E-state index < -0.39 is 0 Å². The third-order valence-electron chi connectivity index (χ3n) is 3.01. The van der Waals surface area contributed by atoms with Gasteiger partial charge in [0, 0.05) is 11.4 Å². The fraction of sp³-hybridized carbons (Fsp3) is 0.438. The molecule has 1 unspecified atom stereocenters. The van der Waals surface area contributed by atoms with Crippen molar-refractivity contribution in [1.29, 1.82) is 0 Å². The Labute approximate surface area is 130 Å². The minimum atomic E-state index is 0.117. The number of hydrogen-bond acceptors (Lipinski definition) is 5. The molecule has 1 aromatic heterocycles. The van der Waals surface area contributed by atoms with Crippen molar-refractivity contribution in [1.82, 2.24) is 4.98 Å². The molecule has 2 aromatic rings. The van der Waals surface area contributed by atoms with Crippen LogP contribution in [0, 0.1) is 6.92 Å². The third-order valence-corrected chi connectivity index (χ3v) is 3.81. The fourth-order valence-electron chi connectivity index (χ4n) is 2.05. The normalized spacial score (nSPS) is 12.0. The van der Waals surface area contributed by atoms with E-state index in [2.05, 4.69) is 22.6 Å². The number of rotatable bonds is 7. The van der Waals surface area contributed by atoms with Crippen molar-refractivity contribution in [3.05, 3.63) is 34.3 Å². The molecule has 0 saturated carbocycles. The van der Waals surface area contributed by atoms with Crippen molar-refractivity contribution in [2.45, 2.75) is 33.7 Å². The first-order valence-electron chi connectivity index (χ1n) is 7.22. The highest BCUT2D eigenvalue weighted by Crippen LogP contribution is 2.32. The van der Waals surface area contributed by atoms with Gasteiger partial charge in [0.2, 0.25) is 0 Å². The summed E-state index contributed by atoms with van der Waals surface area (Å²) in [6.45, 7) is 9.35. The average molecular weight is 306 g/mol. The first kappa shape index (κ1) is 15.6. The second kappa shape index (κ2) is 7.31. The summed E-state index contributed by atoms with van der Waals surface area (Å²) in [5, 5.41) is 6.62. The van der Waals surface area contributed by atoms with Gasteiger partial charge in [0.1, 0.15) is 11.5 Å². The second-order valence-corrected chi connectivity index (χ2v) is 5.74. The largest absolute Gasteiger partial charge is 0.494 e. The van der Waals surface area contributed by atoms with Crippen LogP contribution >= 0.6 is 11.3 Å².